The quantitative estimate of drug-likeness (QED) is 0.732. The molecule has 0 spiro atoms. The predicted molar refractivity (Wildman–Crippen MR) is 109 cm³/mol. The van der Waals surface area contributed by atoms with E-state index in [9.17, 15) is 4.79 Å². The second-order valence-electron chi connectivity index (χ2n) is 5.20. The minimum absolute atomic E-state index is 0. The fourth-order valence-corrected chi connectivity index (χ4v) is 2.43. The molecule has 0 aliphatic rings. The van der Waals surface area contributed by atoms with Gasteiger partial charge in [-0.1, -0.05) is 36.4 Å². The number of fused-ring (bicyclic) bond motifs is 1. The van der Waals surface area contributed by atoms with Crippen LogP contribution >= 0.6 is 12.4 Å². The zero-order chi connectivity index (χ0) is 18.2. The first-order valence-corrected chi connectivity index (χ1v) is 7.78. The molecular weight excluding hydrogens is 352 g/mol. The summed E-state index contributed by atoms with van der Waals surface area (Å²) >= 11 is 0. The third-order valence-electron chi connectivity index (χ3n) is 3.39. The molecular formula is C19H23ClN4O2. The highest BCUT2D eigenvalue weighted by Crippen LogP contribution is 2.38. The number of nitrogens with two attached hydrogens (primary N) is 1. The third-order valence-corrected chi connectivity index (χ3v) is 3.39. The summed E-state index contributed by atoms with van der Waals surface area (Å²) in [6.07, 6.45) is 1.59. The number of nitrogens with one attached hydrogen (secondary N) is 1. The van der Waals surface area contributed by atoms with Crippen LogP contribution in [0.5, 0.6) is 5.75 Å². The number of aromatic nitrogens is 1. The van der Waals surface area contributed by atoms with Gasteiger partial charge >= 0.3 is 6.03 Å². The van der Waals surface area contributed by atoms with Crippen molar-refractivity contribution in [1.82, 2.24) is 10.3 Å². The molecule has 3 rings (SSSR count). The maximum Gasteiger partial charge on any atom is 0.324 e. The molecule has 0 fully saturated rings. The van der Waals surface area contributed by atoms with Crippen molar-refractivity contribution in [2.45, 2.75) is 0 Å². The molecule has 0 saturated heterocycles. The summed E-state index contributed by atoms with van der Waals surface area (Å²) in [5.74, 6) is 0.487. The number of para-hydroxylation sites is 2. The van der Waals surface area contributed by atoms with Gasteiger partial charge in [0.1, 0.15) is 5.69 Å². The summed E-state index contributed by atoms with van der Waals surface area (Å²) in [7, 11) is 5.29. The minimum atomic E-state index is -0.583. The molecule has 6 nitrogen and oxygen atoms in total. The van der Waals surface area contributed by atoms with Crippen molar-refractivity contribution in [2.75, 3.05) is 26.1 Å². The topological polar surface area (TPSA) is 80.5 Å². The van der Waals surface area contributed by atoms with Crippen LogP contribution in [0.3, 0.4) is 0 Å². The number of anilines is 2. The lowest BCUT2D eigenvalue weighted by Gasteiger charge is -2.24. The molecule has 1 aromatic heterocycles. The number of carbonyl (C=O) groups excluding carboxylic acids is 1. The molecule has 0 radical (unpaired) electrons. The molecule has 3 aromatic rings. The van der Waals surface area contributed by atoms with Gasteiger partial charge in [-0.15, -0.1) is 12.4 Å². The largest absolute Gasteiger partial charge is 0.493 e. The van der Waals surface area contributed by atoms with Gasteiger partial charge < -0.3 is 15.8 Å². The zero-order valence-corrected chi connectivity index (χ0v) is 15.8. The van der Waals surface area contributed by atoms with Gasteiger partial charge in [0.25, 0.3) is 0 Å². The summed E-state index contributed by atoms with van der Waals surface area (Å²) in [6.45, 7) is 0. The summed E-state index contributed by atoms with van der Waals surface area (Å²) in [4.78, 5) is 17.9. The average molecular weight is 375 g/mol. The number of rotatable bonds is 3. The number of carbonyl (C=O) groups is 1. The van der Waals surface area contributed by atoms with Crippen LogP contribution in [0.25, 0.3) is 10.9 Å². The normalized spacial score (nSPS) is 9.50. The molecule has 0 bridgehead atoms. The van der Waals surface area contributed by atoms with E-state index in [-0.39, 0.29) is 12.4 Å². The van der Waals surface area contributed by atoms with Gasteiger partial charge in [0.05, 0.1) is 24.5 Å². The first-order chi connectivity index (χ1) is 12.1. The summed E-state index contributed by atoms with van der Waals surface area (Å²) in [6, 6.07) is 16.2. The zero-order valence-electron chi connectivity index (χ0n) is 15.0. The maximum atomic E-state index is 12.1. The van der Waals surface area contributed by atoms with E-state index < -0.39 is 6.03 Å². The number of hydrogen-bond donors (Lipinski definition) is 2. The van der Waals surface area contributed by atoms with E-state index in [0.717, 1.165) is 10.9 Å². The van der Waals surface area contributed by atoms with Crippen LogP contribution in [-0.4, -0.2) is 32.2 Å². The summed E-state index contributed by atoms with van der Waals surface area (Å²) < 4.78 is 5.39. The van der Waals surface area contributed by atoms with Crippen LogP contribution < -0.4 is 20.7 Å². The van der Waals surface area contributed by atoms with Crippen molar-refractivity contribution >= 4 is 40.7 Å². The van der Waals surface area contributed by atoms with Gasteiger partial charge in [0.2, 0.25) is 0 Å². The standard InChI is InChI=1S/C17H15N3O2.C2H7N.ClH/c1-22-15-11-19-14-10-6-5-9-13(14)16(15)20(17(18)21)12-7-3-2-4-8-12;1-3-2;/h2-11H,1H3,(H2,18,21);3H,1-2H3;1H. The van der Waals surface area contributed by atoms with E-state index in [4.69, 9.17) is 10.5 Å². The fourth-order valence-electron chi connectivity index (χ4n) is 2.43. The number of methoxy groups -OCH3 is 1. The van der Waals surface area contributed by atoms with Crippen LogP contribution in [0.1, 0.15) is 0 Å². The fraction of sp³-hybridized carbons (Fsp3) is 0.158. The van der Waals surface area contributed by atoms with Crippen molar-refractivity contribution in [3.63, 3.8) is 0 Å². The van der Waals surface area contributed by atoms with Crippen molar-refractivity contribution in [2.24, 2.45) is 5.73 Å². The lowest BCUT2D eigenvalue weighted by atomic mass is 10.1. The lowest BCUT2D eigenvalue weighted by molar-refractivity contribution is 0.256. The Hall–Kier alpha value is -2.83. The van der Waals surface area contributed by atoms with Gasteiger partial charge in [-0.3, -0.25) is 9.88 Å². The number of halogens is 1. The monoisotopic (exact) mass is 374 g/mol. The molecule has 7 heteroatoms. The lowest BCUT2D eigenvalue weighted by Crippen LogP contribution is -2.32. The molecule has 0 unspecified atom stereocenters. The Labute approximate surface area is 159 Å². The molecule has 1 heterocycles. The summed E-state index contributed by atoms with van der Waals surface area (Å²) in [5.41, 5.74) is 7.65. The van der Waals surface area contributed by atoms with E-state index in [1.807, 2.05) is 68.7 Å². The molecule has 138 valence electrons. The van der Waals surface area contributed by atoms with Crippen LogP contribution in [0.2, 0.25) is 0 Å². The highest BCUT2D eigenvalue weighted by molar-refractivity contribution is 6.08. The number of pyridine rings is 1. The maximum absolute atomic E-state index is 12.1. The van der Waals surface area contributed by atoms with Crippen LogP contribution in [0.4, 0.5) is 16.2 Å². The first kappa shape index (κ1) is 21.2. The minimum Gasteiger partial charge on any atom is -0.493 e. The Balaban J connectivity index is 0.000000791. The number of urea groups is 1. The number of primary amides is 1. The summed E-state index contributed by atoms with van der Waals surface area (Å²) in [5, 5.41) is 3.55. The van der Waals surface area contributed by atoms with Gasteiger partial charge in [-0.05, 0) is 32.3 Å². The van der Waals surface area contributed by atoms with E-state index in [1.54, 1.807) is 13.3 Å². The number of nitrogens with zero attached hydrogens (tertiary/aromatic N) is 2. The molecule has 0 aliphatic carbocycles. The molecule has 0 saturated carbocycles. The Kier molecular flexibility index (Phi) is 8.34. The van der Waals surface area contributed by atoms with E-state index in [2.05, 4.69) is 10.3 Å². The number of benzene rings is 2. The van der Waals surface area contributed by atoms with Crippen LogP contribution in [0.15, 0.2) is 60.8 Å². The Morgan fingerprint density at radius 3 is 2.23 bits per heavy atom. The highest BCUT2D eigenvalue weighted by Gasteiger charge is 2.22. The number of hydrogen-bond acceptors (Lipinski definition) is 4. The number of amides is 2. The van der Waals surface area contributed by atoms with Crippen LogP contribution in [0, 0.1) is 0 Å². The predicted octanol–water partition coefficient (Wildman–Crippen LogP) is 3.72. The van der Waals surface area contributed by atoms with Gasteiger partial charge in [0.15, 0.2) is 5.75 Å². The van der Waals surface area contributed by atoms with Crippen molar-refractivity contribution in [3.8, 4) is 5.75 Å². The Bertz CT molecular complexity index is 843. The van der Waals surface area contributed by atoms with E-state index in [0.29, 0.717) is 17.1 Å². The Morgan fingerprint density at radius 1 is 1.08 bits per heavy atom. The molecule has 0 atom stereocenters. The van der Waals surface area contributed by atoms with E-state index >= 15 is 0 Å². The number of ether oxygens (including phenoxy) is 1. The second-order valence-corrected chi connectivity index (χ2v) is 5.20. The average Bonchev–Trinajstić information content (AvgIpc) is 2.63. The second kappa shape index (κ2) is 10.2. The first-order valence-electron chi connectivity index (χ1n) is 7.78. The van der Waals surface area contributed by atoms with Crippen molar-refractivity contribution < 1.29 is 9.53 Å². The van der Waals surface area contributed by atoms with E-state index in [1.165, 1.54) is 4.90 Å². The van der Waals surface area contributed by atoms with Gasteiger partial charge in [0, 0.05) is 5.39 Å². The third kappa shape index (κ3) is 4.62. The highest BCUT2D eigenvalue weighted by atomic mass is 35.5. The Morgan fingerprint density at radius 2 is 1.65 bits per heavy atom. The van der Waals surface area contributed by atoms with Crippen molar-refractivity contribution in [3.05, 3.63) is 60.8 Å². The molecule has 2 aromatic carbocycles. The molecule has 26 heavy (non-hydrogen) atoms. The molecule has 0 aliphatic heterocycles. The molecule has 2 amide bonds. The van der Waals surface area contributed by atoms with Crippen molar-refractivity contribution in [1.29, 1.82) is 0 Å². The van der Waals surface area contributed by atoms with Gasteiger partial charge in [-0.25, -0.2) is 4.79 Å². The SMILES string of the molecule is CNC.COc1cnc2ccccc2c1N(C(N)=O)c1ccccc1.Cl. The smallest absolute Gasteiger partial charge is 0.324 e. The van der Waals surface area contributed by atoms with Gasteiger partial charge in [-0.2, -0.15) is 0 Å². The van der Waals surface area contributed by atoms with Crippen LogP contribution in [-0.2, 0) is 0 Å². The molecule has 3 N–H and O–H groups in total.